The van der Waals surface area contributed by atoms with Gasteiger partial charge in [0.15, 0.2) is 0 Å². The predicted molar refractivity (Wildman–Crippen MR) is 72.8 cm³/mol. The lowest BCUT2D eigenvalue weighted by atomic mass is 10.0. The maximum atomic E-state index is 12.6. The standard InChI is InChI=1S/C15H19F2NO3/c1-15(2,3)21-14(19)18-12(8-9-20-18)10-4-6-11(7-5-10)13(16)17/h4-7,12-13H,8-9H2,1-3H3/t12-/m0/s1. The minimum atomic E-state index is -2.50. The molecular formula is C15H19F2NO3. The Bertz CT molecular complexity index is 497. The average Bonchev–Trinajstić information content (AvgIpc) is 2.86. The quantitative estimate of drug-likeness (QED) is 0.820. The second-order valence-electron chi connectivity index (χ2n) is 5.91. The number of alkyl halides is 2. The Balaban J connectivity index is 2.13. The summed E-state index contributed by atoms with van der Waals surface area (Å²) >= 11 is 0. The first kappa shape index (κ1) is 15.7. The van der Waals surface area contributed by atoms with Gasteiger partial charge in [-0.2, -0.15) is 5.06 Å². The number of rotatable bonds is 2. The van der Waals surface area contributed by atoms with Crippen molar-refractivity contribution in [3.8, 4) is 0 Å². The molecule has 1 atom stereocenters. The molecule has 1 aliphatic heterocycles. The van der Waals surface area contributed by atoms with Crippen molar-refractivity contribution in [2.75, 3.05) is 6.61 Å². The summed E-state index contributed by atoms with van der Waals surface area (Å²) in [5, 5.41) is 1.18. The molecule has 1 fully saturated rings. The number of amides is 1. The molecule has 0 radical (unpaired) electrons. The maximum Gasteiger partial charge on any atom is 0.435 e. The van der Waals surface area contributed by atoms with Crippen LogP contribution in [0.4, 0.5) is 13.6 Å². The molecule has 0 spiro atoms. The van der Waals surface area contributed by atoms with Gasteiger partial charge in [0, 0.05) is 12.0 Å². The molecule has 2 rings (SSSR count). The second kappa shape index (κ2) is 5.97. The van der Waals surface area contributed by atoms with Gasteiger partial charge in [0.05, 0.1) is 12.6 Å². The zero-order valence-electron chi connectivity index (χ0n) is 12.3. The smallest absolute Gasteiger partial charge is 0.435 e. The topological polar surface area (TPSA) is 38.8 Å². The normalized spacial score (nSPS) is 19.1. The van der Waals surface area contributed by atoms with Crippen molar-refractivity contribution >= 4 is 6.09 Å². The third-order valence-electron chi connectivity index (χ3n) is 3.05. The van der Waals surface area contributed by atoms with Gasteiger partial charge in [-0.15, -0.1) is 0 Å². The minimum absolute atomic E-state index is 0.0403. The van der Waals surface area contributed by atoms with E-state index in [1.165, 1.54) is 17.2 Å². The number of nitrogens with zero attached hydrogens (tertiary/aromatic N) is 1. The molecule has 1 aromatic carbocycles. The molecule has 1 aliphatic rings. The van der Waals surface area contributed by atoms with Crippen LogP contribution in [0.3, 0.4) is 0 Å². The minimum Gasteiger partial charge on any atom is -0.442 e. The van der Waals surface area contributed by atoms with Gasteiger partial charge in [-0.25, -0.2) is 13.6 Å². The summed E-state index contributed by atoms with van der Waals surface area (Å²) in [6.07, 6.45) is -2.46. The highest BCUT2D eigenvalue weighted by atomic mass is 19.3. The third kappa shape index (κ3) is 3.91. The average molecular weight is 299 g/mol. The molecule has 1 heterocycles. The molecule has 116 valence electrons. The number of carbonyl (C=O) groups is 1. The molecular weight excluding hydrogens is 280 g/mol. The largest absolute Gasteiger partial charge is 0.442 e. The summed E-state index contributed by atoms with van der Waals surface area (Å²) < 4.78 is 30.4. The predicted octanol–water partition coefficient (Wildman–Crippen LogP) is 4.24. The Kier molecular flexibility index (Phi) is 4.46. The molecule has 0 unspecified atom stereocenters. The van der Waals surface area contributed by atoms with Crippen LogP contribution in [0.15, 0.2) is 24.3 Å². The highest BCUT2D eigenvalue weighted by Gasteiger charge is 2.34. The fourth-order valence-corrected chi connectivity index (χ4v) is 2.12. The van der Waals surface area contributed by atoms with Gasteiger partial charge in [0.25, 0.3) is 6.43 Å². The van der Waals surface area contributed by atoms with Crippen molar-refractivity contribution in [3.05, 3.63) is 35.4 Å². The number of hydrogen-bond donors (Lipinski definition) is 0. The van der Waals surface area contributed by atoms with E-state index in [4.69, 9.17) is 9.57 Å². The van der Waals surface area contributed by atoms with Crippen LogP contribution < -0.4 is 0 Å². The van der Waals surface area contributed by atoms with Crippen LogP contribution in [-0.2, 0) is 9.57 Å². The Morgan fingerprint density at radius 3 is 2.48 bits per heavy atom. The molecule has 1 aromatic rings. The van der Waals surface area contributed by atoms with Crippen LogP contribution in [0.1, 0.15) is 50.8 Å². The lowest BCUT2D eigenvalue weighted by Crippen LogP contribution is -2.35. The van der Waals surface area contributed by atoms with Crippen molar-refractivity contribution < 1.29 is 23.1 Å². The van der Waals surface area contributed by atoms with E-state index in [-0.39, 0.29) is 11.6 Å². The molecule has 0 saturated carbocycles. The van der Waals surface area contributed by atoms with Crippen LogP contribution in [0.5, 0.6) is 0 Å². The fourth-order valence-electron chi connectivity index (χ4n) is 2.12. The summed E-state index contributed by atoms with van der Waals surface area (Å²) in [4.78, 5) is 17.4. The van der Waals surface area contributed by atoms with Crippen molar-refractivity contribution in [1.82, 2.24) is 5.06 Å². The Morgan fingerprint density at radius 1 is 1.33 bits per heavy atom. The van der Waals surface area contributed by atoms with Crippen molar-refractivity contribution in [3.63, 3.8) is 0 Å². The summed E-state index contributed by atoms with van der Waals surface area (Å²) in [5.74, 6) is 0. The molecule has 4 nitrogen and oxygen atoms in total. The zero-order valence-corrected chi connectivity index (χ0v) is 12.3. The maximum absolute atomic E-state index is 12.6. The van der Waals surface area contributed by atoms with Gasteiger partial charge in [0.2, 0.25) is 0 Å². The van der Waals surface area contributed by atoms with E-state index < -0.39 is 18.1 Å². The summed E-state index contributed by atoms with van der Waals surface area (Å²) in [7, 11) is 0. The van der Waals surface area contributed by atoms with Gasteiger partial charge in [-0.05, 0) is 26.3 Å². The zero-order chi connectivity index (χ0) is 15.6. The number of benzene rings is 1. The Labute approximate surface area is 122 Å². The lowest BCUT2D eigenvalue weighted by molar-refractivity contribution is -0.125. The van der Waals surface area contributed by atoms with Gasteiger partial charge >= 0.3 is 6.09 Å². The van der Waals surface area contributed by atoms with Crippen LogP contribution >= 0.6 is 0 Å². The fraction of sp³-hybridized carbons (Fsp3) is 0.533. The molecule has 0 bridgehead atoms. The van der Waals surface area contributed by atoms with Crippen molar-refractivity contribution in [2.24, 2.45) is 0 Å². The van der Waals surface area contributed by atoms with E-state index in [0.29, 0.717) is 13.0 Å². The van der Waals surface area contributed by atoms with E-state index in [1.54, 1.807) is 32.9 Å². The van der Waals surface area contributed by atoms with E-state index in [0.717, 1.165) is 5.56 Å². The molecule has 0 aromatic heterocycles. The molecule has 1 amide bonds. The first-order chi connectivity index (χ1) is 9.78. The molecule has 6 heteroatoms. The Hall–Kier alpha value is -1.69. The summed E-state index contributed by atoms with van der Waals surface area (Å²) in [6.45, 7) is 5.70. The molecule has 0 N–H and O–H groups in total. The number of hydrogen-bond acceptors (Lipinski definition) is 3. The van der Waals surface area contributed by atoms with Crippen molar-refractivity contribution in [1.29, 1.82) is 0 Å². The number of carbonyl (C=O) groups excluding carboxylic acids is 1. The monoisotopic (exact) mass is 299 g/mol. The third-order valence-corrected chi connectivity index (χ3v) is 3.05. The second-order valence-corrected chi connectivity index (χ2v) is 5.91. The van der Waals surface area contributed by atoms with E-state index in [2.05, 4.69) is 0 Å². The lowest BCUT2D eigenvalue weighted by Gasteiger charge is -2.27. The molecule has 21 heavy (non-hydrogen) atoms. The van der Waals surface area contributed by atoms with E-state index >= 15 is 0 Å². The van der Waals surface area contributed by atoms with Crippen LogP contribution in [0, 0.1) is 0 Å². The summed E-state index contributed by atoms with van der Waals surface area (Å²) in [6, 6.07) is 5.61. The first-order valence-corrected chi connectivity index (χ1v) is 6.81. The molecule has 1 saturated heterocycles. The first-order valence-electron chi connectivity index (χ1n) is 6.81. The van der Waals surface area contributed by atoms with Gasteiger partial charge in [0.1, 0.15) is 5.60 Å². The van der Waals surface area contributed by atoms with Gasteiger partial charge in [-0.1, -0.05) is 24.3 Å². The van der Waals surface area contributed by atoms with Crippen molar-refractivity contribution in [2.45, 2.75) is 45.3 Å². The number of hydroxylamine groups is 2. The molecule has 0 aliphatic carbocycles. The van der Waals surface area contributed by atoms with E-state index in [1.807, 2.05) is 0 Å². The number of ether oxygens (including phenoxy) is 1. The van der Waals surface area contributed by atoms with Crippen LogP contribution in [0.2, 0.25) is 0 Å². The number of halogens is 2. The SMILES string of the molecule is CC(C)(C)OC(=O)N1OCC[C@H]1c1ccc(C(F)F)cc1. The summed E-state index contributed by atoms with van der Waals surface area (Å²) in [5.41, 5.74) is 0.0943. The van der Waals surface area contributed by atoms with Crippen LogP contribution in [-0.4, -0.2) is 23.4 Å². The Morgan fingerprint density at radius 2 is 1.95 bits per heavy atom. The van der Waals surface area contributed by atoms with Gasteiger partial charge < -0.3 is 4.74 Å². The highest BCUT2D eigenvalue weighted by Crippen LogP contribution is 2.32. The van der Waals surface area contributed by atoms with Gasteiger partial charge in [-0.3, -0.25) is 4.84 Å². The van der Waals surface area contributed by atoms with E-state index in [9.17, 15) is 13.6 Å². The van der Waals surface area contributed by atoms with Crippen LogP contribution in [0.25, 0.3) is 0 Å². The highest BCUT2D eigenvalue weighted by molar-refractivity contribution is 5.67.